The third kappa shape index (κ3) is 3.32. The molecule has 0 heterocycles. The van der Waals surface area contributed by atoms with E-state index >= 15 is 0 Å². The molecule has 2 aromatic rings. The van der Waals surface area contributed by atoms with Crippen LogP contribution in [0.5, 0.6) is 5.75 Å². The lowest BCUT2D eigenvalue weighted by atomic mass is 9.95. The Bertz CT molecular complexity index is 609. The van der Waals surface area contributed by atoms with Gasteiger partial charge in [0.2, 0.25) is 0 Å². The first-order valence-corrected chi connectivity index (χ1v) is 7.19. The summed E-state index contributed by atoms with van der Waals surface area (Å²) in [6.45, 7) is 0. The van der Waals surface area contributed by atoms with Crippen LogP contribution in [-0.2, 0) is 5.54 Å². The smallest absolute Gasteiger partial charge is 0.139 e. The molecule has 0 aliphatic rings. The highest BCUT2D eigenvalue weighted by atomic mass is 32.2. The van der Waals surface area contributed by atoms with Crippen molar-refractivity contribution in [1.82, 2.24) is 0 Å². The second-order valence-corrected chi connectivity index (χ2v) is 5.47. The highest BCUT2D eigenvalue weighted by Crippen LogP contribution is 2.29. The minimum absolute atomic E-state index is 0.487. The topological polar surface area (TPSA) is 59.0 Å². The first-order valence-electron chi connectivity index (χ1n) is 6.20. The van der Waals surface area contributed by atoms with Crippen molar-refractivity contribution < 1.29 is 4.74 Å². The molecule has 0 fully saturated rings. The normalized spacial score (nSPS) is 13.2. The van der Waals surface area contributed by atoms with E-state index in [1.54, 1.807) is 18.9 Å². The number of rotatable bonds is 5. The number of methoxy groups -OCH3 is 1. The number of thioether (sulfide) groups is 1. The molecule has 0 bridgehead atoms. The van der Waals surface area contributed by atoms with Crippen LogP contribution in [-0.4, -0.2) is 12.9 Å². The second-order valence-electron chi connectivity index (χ2n) is 4.42. The van der Waals surface area contributed by atoms with Crippen molar-refractivity contribution in [2.24, 2.45) is 5.73 Å². The van der Waals surface area contributed by atoms with Gasteiger partial charge in [0.05, 0.1) is 13.2 Å². The minimum Gasteiger partial charge on any atom is -0.497 e. The molecule has 1 unspecified atom stereocenters. The fraction of sp³-hybridized carbons (Fsp3) is 0.188. The zero-order valence-electron chi connectivity index (χ0n) is 11.2. The molecule has 2 rings (SSSR count). The van der Waals surface area contributed by atoms with E-state index in [0.717, 1.165) is 16.2 Å². The third-order valence-corrected chi connectivity index (χ3v) is 4.18. The van der Waals surface area contributed by atoms with E-state index in [9.17, 15) is 5.26 Å². The van der Waals surface area contributed by atoms with Gasteiger partial charge in [-0.25, -0.2) is 0 Å². The lowest BCUT2D eigenvalue weighted by Gasteiger charge is -2.21. The molecule has 3 nitrogen and oxygen atoms in total. The van der Waals surface area contributed by atoms with Crippen LogP contribution in [0.2, 0.25) is 0 Å². The molecule has 0 radical (unpaired) electrons. The van der Waals surface area contributed by atoms with Gasteiger partial charge in [0.25, 0.3) is 0 Å². The molecule has 1 atom stereocenters. The SMILES string of the molecule is COc1cccc(SCC(N)(C#N)c2ccccc2)c1. The van der Waals surface area contributed by atoms with Crippen molar-refractivity contribution in [3.63, 3.8) is 0 Å². The summed E-state index contributed by atoms with van der Waals surface area (Å²) in [6, 6.07) is 19.4. The number of hydrogen-bond acceptors (Lipinski definition) is 4. The Kier molecular flexibility index (Phi) is 4.67. The predicted molar refractivity (Wildman–Crippen MR) is 81.6 cm³/mol. The summed E-state index contributed by atoms with van der Waals surface area (Å²) in [5.41, 5.74) is 6.06. The van der Waals surface area contributed by atoms with Crippen LogP contribution in [0.4, 0.5) is 0 Å². The lowest BCUT2D eigenvalue weighted by molar-refractivity contribution is 0.413. The van der Waals surface area contributed by atoms with E-state index in [1.165, 1.54) is 0 Å². The summed E-state index contributed by atoms with van der Waals surface area (Å²) < 4.78 is 5.19. The molecule has 2 aromatic carbocycles. The van der Waals surface area contributed by atoms with Crippen LogP contribution in [0.1, 0.15) is 5.56 Å². The molecule has 102 valence electrons. The fourth-order valence-electron chi connectivity index (χ4n) is 1.80. The molecule has 4 heteroatoms. The molecule has 0 aliphatic heterocycles. The maximum absolute atomic E-state index is 9.40. The quantitative estimate of drug-likeness (QED) is 0.857. The van der Waals surface area contributed by atoms with Crippen LogP contribution in [0.15, 0.2) is 59.5 Å². The summed E-state index contributed by atoms with van der Waals surface area (Å²) in [6.07, 6.45) is 0. The number of nitriles is 1. The maximum Gasteiger partial charge on any atom is 0.139 e. The average Bonchev–Trinajstić information content (AvgIpc) is 2.53. The monoisotopic (exact) mass is 284 g/mol. The first-order chi connectivity index (χ1) is 9.68. The Labute approximate surface area is 123 Å². The van der Waals surface area contributed by atoms with E-state index < -0.39 is 5.54 Å². The van der Waals surface area contributed by atoms with E-state index in [-0.39, 0.29) is 0 Å². The van der Waals surface area contributed by atoms with Gasteiger partial charge < -0.3 is 10.5 Å². The fourth-order valence-corrected chi connectivity index (χ4v) is 2.80. The standard InChI is InChI=1S/C16H16N2OS/c1-19-14-8-5-9-15(10-14)20-12-16(18,11-17)13-6-3-2-4-7-13/h2-10H,12,18H2,1H3. The van der Waals surface area contributed by atoms with Gasteiger partial charge in [-0.05, 0) is 23.8 Å². The highest BCUT2D eigenvalue weighted by Gasteiger charge is 2.27. The number of ether oxygens (including phenoxy) is 1. The number of hydrogen-bond donors (Lipinski definition) is 1. The molecule has 0 aromatic heterocycles. The van der Waals surface area contributed by atoms with Crippen LogP contribution in [0.25, 0.3) is 0 Å². The van der Waals surface area contributed by atoms with Gasteiger partial charge in [0.15, 0.2) is 0 Å². The van der Waals surface area contributed by atoms with Crippen molar-refractivity contribution in [2.45, 2.75) is 10.4 Å². The van der Waals surface area contributed by atoms with Crippen molar-refractivity contribution in [3.8, 4) is 11.8 Å². The summed E-state index contributed by atoms with van der Waals surface area (Å²) in [5, 5.41) is 9.40. The zero-order valence-corrected chi connectivity index (χ0v) is 12.1. The average molecular weight is 284 g/mol. The lowest BCUT2D eigenvalue weighted by Crippen LogP contribution is -2.37. The Balaban J connectivity index is 2.13. The Hall–Kier alpha value is -1.96. The van der Waals surface area contributed by atoms with E-state index in [4.69, 9.17) is 10.5 Å². The van der Waals surface area contributed by atoms with Crippen LogP contribution in [0.3, 0.4) is 0 Å². The largest absolute Gasteiger partial charge is 0.497 e. The van der Waals surface area contributed by atoms with Gasteiger partial charge >= 0.3 is 0 Å². The molecule has 0 spiro atoms. The van der Waals surface area contributed by atoms with Crippen LogP contribution >= 0.6 is 11.8 Å². The van der Waals surface area contributed by atoms with Crippen LogP contribution < -0.4 is 10.5 Å². The van der Waals surface area contributed by atoms with E-state index in [2.05, 4.69) is 6.07 Å². The molecular weight excluding hydrogens is 268 g/mol. The Morgan fingerprint density at radius 3 is 2.60 bits per heavy atom. The third-order valence-electron chi connectivity index (χ3n) is 3.00. The number of nitrogens with two attached hydrogens (primary N) is 1. The minimum atomic E-state index is -0.991. The Morgan fingerprint density at radius 1 is 1.20 bits per heavy atom. The second kappa shape index (κ2) is 6.47. The molecule has 20 heavy (non-hydrogen) atoms. The van der Waals surface area contributed by atoms with Gasteiger partial charge in [0.1, 0.15) is 11.3 Å². The molecule has 0 saturated carbocycles. The number of benzene rings is 2. The first kappa shape index (κ1) is 14.4. The van der Waals surface area contributed by atoms with Gasteiger partial charge in [0, 0.05) is 10.6 Å². The van der Waals surface area contributed by atoms with Gasteiger partial charge in [-0.15, -0.1) is 11.8 Å². The van der Waals surface area contributed by atoms with Crippen molar-refractivity contribution >= 4 is 11.8 Å². The molecule has 2 N–H and O–H groups in total. The number of nitrogens with zero attached hydrogens (tertiary/aromatic N) is 1. The predicted octanol–water partition coefficient (Wildman–Crippen LogP) is 3.17. The molecule has 0 saturated heterocycles. The Morgan fingerprint density at radius 2 is 1.95 bits per heavy atom. The van der Waals surface area contributed by atoms with E-state index in [0.29, 0.717) is 5.75 Å². The molecular formula is C16H16N2OS. The van der Waals surface area contributed by atoms with Crippen molar-refractivity contribution in [2.75, 3.05) is 12.9 Å². The maximum atomic E-state index is 9.40. The van der Waals surface area contributed by atoms with Crippen molar-refractivity contribution in [3.05, 3.63) is 60.2 Å². The summed E-state index contributed by atoms with van der Waals surface area (Å²) in [7, 11) is 1.64. The van der Waals surface area contributed by atoms with Gasteiger partial charge in [-0.2, -0.15) is 5.26 Å². The van der Waals surface area contributed by atoms with Gasteiger partial charge in [-0.1, -0.05) is 36.4 Å². The van der Waals surface area contributed by atoms with Gasteiger partial charge in [-0.3, -0.25) is 0 Å². The highest BCUT2D eigenvalue weighted by molar-refractivity contribution is 7.99. The summed E-state index contributed by atoms with van der Waals surface area (Å²) >= 11 is 1.55. The summed E-state index contributed by atoms with van der Waals surface area (Å²) in [5.74, 6) is 1.29. The van der Waals surface area contributed by atoms with Crippen LogP contribution in [0, 0.1) is 11.3 Å². The summed E-state index contributed by atoms with van der Waals surface area (Å²) in [4.78, 5) is 1.03. The van der Waals surface area contributed by atoms with E-state index in [1.807, 2.05) is 54.6 Å². The van der Waals surface area contributed by atoms with Crippen molar-refractivity contribution in [1.29, 1.82) is 5.26 Å². The molecule has 0 amide bonds. The molecule has 0 aliphatic carbocycles. The zero-order chi connectivity index (χ0) is 14.4.